The normalized spacial score (nSPS) is 23.1. The zero-order chi connectivity index (χ0) is 22.0. The van der Waals surface area contributed by atoms with Gasteiger partial charge in [-0.15, -0.1) is 0 Å². The first kappa shape index (κ1) is 21.8. The lowest BCUT2D eigenvalue weighted by Gasteiger charge is -2.40. The average Bonchev–Trinajstić information content (AvgIpc) is 2.87. The Morgan fingerprint density at radius 3 is 2.35 bits per heavy atom. The molecule has 3 nitrogen and oxygen atoms in total. The summed E-state index contributed by atoms with van der Waals surface area (Å²) < 4.78 is 0. The van der Waals surface area contributed by atoms with Crippen molar-refractivity contribution in [2.75, 3.05) is 18.5 Å². The van der Waals surface area contributed by atoms with Crippen LogP contribution in [0.1, 0.15) is 62.1 Å². The first-order chi connectivity index (χ1) is 14.9. The van der Waals surface area contributed by atoms with E-state index < -0.39 is 0 Å². The minimum Gasteiger partial charge on any atom is -0.322 e. The Hall–Kier alpha value is -2.39. The summed E-state index contributed by atoms with van der Waals surface area (Å²) in [5.41, 5.74) is 6.86. The predicted molar refractivity (Wildman–Crippen MR) is 132 cm³/mol. The van der Waals surface area contributed by atoms with E-state index in [0.717, 1.165) is 12.4 Å². The average molecular weight is 416 g/mol. The quantitative estimate of drug-likeness (QED) is 0.575. The van der Waals surface area contributed by atoms with Crippen molar-refractivity contribution in [3.05, 3.63) is 76.9 Å². The summed E-state index contributed by atoms with van der Waals surface area (Å²) in [6.45, 7) is 8.24. The Kier molecular flexibility index (Phi) is 6.62. The SMILES string of the molecule is CC(C)=CC(C1CCC(c2ccccc2C)CC1)N1C(=N)CN(C)Cc2ccccc21. The topological polar surface area (TPSA) is 30.3 Å². The van der Waals surface area contributed by atoms with Crippen molar-refractivity contribution in [3.63, 3.8) is 0 Å². The van der Waals surface area contributed by atoms with Crippen LogP contribution in [0, 0.1) is 18.3 Å². The summed E-state index contributed by atoms with van der Waals surface area (Å²) in [5, 5.41) is 9.00. The van der Waals surface area contributed by atoms with Crippen LogP contribution in [-0.4, -0.2) is 30.4 Å². The van der Waals surface area contributed by atoms with E-state index in [1.807, 2.05) is 0 Å². The lowest BCUT2D eigenvalue weighted by molar-refractivity contribution is 0.303. The predicted octanol–water partition coefficient (Wildman–Crippen LogP) is 6.53. The number of nitrogens with zero attached hydrogens (tertiary/aromatic N) is 2. The fourth-order valence-electron chi connectivity index (χ4n) is 5.62. The molecule has 1 atom stereocenters. The van der Waals surface area contributed by atoms with Crippen LogP contribution in [0.2, 0.25) is 0 Å². The number of nitrogens with one attached hydrogen (secondary N) is 1. The van der Waals surface area contributed by atoms with Gasteiger partial charge in [0.1, 0.15) is 5.84 Å². The van der Waals surface area contributed by atoms with Gasteiger partial charge in [-0.05, 0) is 88.1 Å². The van der Waals surface area contributed by atoms with Crippen molar-refractivity contribution in [2.45, 2.75) is 65.0 Å². The number of benzene rings is 2. The van der Waals surface area contributed by atoms with E-state index >= 15 is 0 Å². The fraction of sp³-hybridized carbons (Fsp3) is 0.464. The van der Waals surface area contributed by atoms with Gasteiger partial charge in [0.25, 0.3) is 0 Å². The summed E-state index contributed by atoms with van der Waals surface area (Å²) >= 11 is 0. The number of aryl methyl sites for hydroxylation is 1. The standard InChI is InChI=1S/C28H37N3/c1-20(2)17-27(23-15-13-22(14-16-23)25-11-7-5-9-21(25)3)31-26-12-8-6-10-24(26)18-30(4)19-28(31)29/h5-12,17,22-23,27,29H,13-16,18-19H2,1-4H3. The molecule has 1 fully saturated rings. The van der Waals surface area contributed by atoms with Gasteiger partial charge in [-0.1, -0.05) is 54.1 Å². The van der Waals surface area contributed by atoms with Crippen molar-refractivity contribution in [1.82, 2.24) is 4.90 Å². The summed E-state index contributed by atoms with van der Waals surface area (Å²) in [4.78, 5) is 4.61. The third kappa shape index (κ3) is 4.77. The minimum atomic E-state index is 0.253. The second-order valence-corrected chi connectivity index (χ2v) is 9.82. The lowest BCUT2D eigenvalue weighted by Crippen LogP contribution is -2.46. The Bertz CT molecular complexity index is 948. The van der Waals surface area contributed by atoms with Crippen LogP contribution in [0.25, 0.3) is 0 Å². The molecule has 31 heavy (non-hydrogen) atoms. The summed E-state index contributed by atoms with van der Waals surface area (Å²) in [7, 11) is 2.12. The number of likely N-dealkylation sites (N-methyl/N-ethyl adjacent to an activating group) is 1. The molecule has 0 radical (unpaired) electrons. The number of allylic oxidation sites excluding steroid dienone is 1. The Morgan fingerprint density at radius 1 is 0.968 bits per heavy atom. The highest BCUT2D eigenvalue weighted by Crippen LogP contribution is 2.41. The molecule has 1 saturated carbocycles. The molecule has 0 amide bonds. The Labute approximate surface area is 188 Å². The lowest BCUT2D eigenvalue weighted by atomic mass is 9.74. The maximum atomic E-state index is 9.00. The van der Waals surface area contributed by atoms with Gasteiger partial charge in [-0.25, -0.2) is 0 Å². The van der Waals surface area contributed by atoms with Crippen LogP contribution in [0.5, 0.6) is 0 Å². The molecule has 1 N–H and O–H groups in total. The van der Waals surface area contributed by atoms with Crippen molar-refractivity contribution in [2.24, 2.45) is 5.92 Å². The Balaban J connectivity index is 1.62. The van der Waals surface area contributed by atoms with Gasteiger partial charge in [0.05, 0.1) is 12.6 Å². The van der Waals surface area contributed by atoms with E-state index in [-0.39, 0.29) is 6.04 Å². The first-order valence-corrected chi connectivity index (χ1v) is 11.8. The number of amidine groups is 1. The van der Waals surface area contributed by atoms with Gasteiger partial charge in [0.2, 0.25) is 0 Å². The smallest absolute Gasteiger partial charge is 0.115 e. The van der Waals surface area contributed by atoms with E-state index in [2.05, 4.69) is 92.2 Å². The third-order valence-corrected chi connectivity index (χ3v) is 7.09. The molecule has 2 aromatic carbocycles. The van der Waals surface area contributed by atoms with Crippen molar-refractivity contribution >= 4 is 11.5 Å². The van der Waals surface area contributed by atoms with E-state index in [4.69, 9.17) is 5.41 Å². The van der Waals surface area contributed by atoms with Crippen LogP contribution in [0.4, 0.5) is 5.69 Å². The molecule has 0 aromatic heterocycles. The third-order valence-electron chi connectivity index (χ3n) is 7.09. The molecule has 4 rings (SSSR count). The zero-order valence-corrected chi connectivity index (χ0v) is 19.6. The highest BCUT2D eigenvalue weighted by atomic mass is 15.3. The van der Waals surface area contributed by atoms with E-state index in [9.17, 15) is 0 Å². The highest BCUT2D eigenvalue weighted by Gasteiger charge is 2.35. The number of fused-ring (bicyclic) bond motifs is 1. The van der Waals surface area contributed by atoms with Crippen LogP contribution in [0.15, 0.2) is 60.2 Å². The van der Waals surface area contributed by atoms with Crippen LogP contribution < -0.4 is 4.90 Å². The maximum absolute atomic E-state index is 9.00. The molecule has 2 aliphatic rings. The van der Waals surface area contributed by atoms with E-state index in [0.29, 0.717) is 18.4 Å². The molecule has 1 aliphatic carbocycles. The van der Waals surface area contributed by atoms with Crippen molar-refractivity contribution < 1.29 is 0 Å². The summed E-state index contributed by atoms with van der Waals surface area (Å²) in [6.07, 6.45) is 7.34. The molecular formula is C28H37N3. The van der Waals surface area contributed by atoms with Crippen LogP contribution >= 0.6 is 0 Å². The first-order valence-electron chi connectivity index (χ1n) is 11.8. The number of hydrogen-bond acceptors (Lipinski definition) is 2. The molecule has 0 bridgehead atoms. The number of anilines is 1. The molecule has 0 saturated heterocycles. The molecule has 164 valence electrons. The molecule has 1 heterocycles. The number of para-hydroxylation sites is 1. The summed E-state index contributed by atoms with van der Waals surface area (Å²) in [6, 6.07) is 17.9. The fourth-order valence-corrected chi connectivity index (χ4v) is 5.62. The monoisotopic (exact) mass is 415 g/mol. The molecule has 1 unspecified atom stereocenters. The number of rotatable bonds is 4. The van der Waals surface area contributed by atoms with Crippen LogP contribution in [0.3, 0.4) is 0 Å². The van der Waals surface area contributed by atoms with Gasteiger partial charge in [0.15, 0.2) is 0 Å². The molecule has 2 aromatic rings. The van der Waals surface area contributed by atoms with E-state index in [1.165, 1.54) is 53.6 Å². The molecule has 1 aliphatic heterocycles. The Morgan fingerprint density at radius 2 is 1.65 bits per heavy atom. The molecule has 0 spiro atoms. The highest BCUT2D eigenvalue weighted by molar-refractivity contribution is 5.99. The van der Waals surface area contributed by atoms with Gasteiger partial charge in [0, 0.05) is 12.2 Å². The second kappa shape index (κ2) is 9.40. The number of hydrogen-bond donors (Lipinski definition) is 1. The second-order valence-electron chi connectivity index (χ2n) is 9.82. The van der Waals surface area contributed by atoms with Gasteiger partial charge in [-0.3, -0.25) is 10.3 Å². The maximum Gasteiger partial charge on any atom is 0.115 e. The van der Waals surface area contributed by atoms with Gasteiger partial charge >= 0.3 is 0 Å². The van der Waals surface area contributed by atoms with Gasteiger partial charge < -0.3 is 4.90 Å². The summed E-state index contributed by atoms with van der Waals surface area (Å²) in [5.74, 6) is 1.97. The van der Waals surface area contributed by atoms with Crippen molar-refractivity contribution in [3.8, 4) is 0 Å². The molecule has 3 heteroatoms. The minimum absolute atomic E-state index is 0.253. The van der Waals surface area contributed by atoms with Gasteiger partial charge in [-0.2, -0.15) is 0 Å². The zero-order valence-electron chi connectivity index (χ0n) is 19.6. The van der Waals surface area contributed by atoms with Crippen LogP contribution in [-0.2, 0) is 6.54 Å². The largest absolute Gasteiger partial charge is 0.322 e. The van der Waals surface area contributed by atoms with Crippen molar-refractivity contribution in [1.29, 1.82) is 5.41 Å². The van der Waals surface area contributed by atoms with E-state index in [1.54, 1.807) is 0 Å². The molecular weight excluding hydrogens is 378 g/mol.